The predicted octanol–water partition coefficient (Wildman–Crippen LogP) is 6.28. The van der Waals surface area contributed by atoms with Gasteiger partial charge in [0.25, 0.3) is 0 Å². The summed E-state index contributed by atoms with van der Waals surface area (Å²) >= 11 is 0. The lowest BCUT2D eigenvalue weighted by atomic mass is 9.51. The van der Waals surface area contributed by atoms with Crippen LogP contribution < -0.4 is 4.73 Å². The average molecular weight is 498 g/mol. The summed E-state index contributed by atoms with van der Waals surface area (Å²) in [6.45, 7) is 4.46. The first-order chi connectivity index (χ1) is 17.8. The summed E-state index contributed by atoms with van der Waals surface area (Å²) in [6, 6.07) is 17.8. The normalized spacial score (nSPS) is 31.1. The molecule has 5 heteroatoms. The minimum atomic E-state index is -0.804. The van der Waals surface area contributed by atoms with Gasteiger partial charge in [0.15, 0.2) is 0 Å². The van der Waals surface area contributed by atoms with Crippen molar-refractivity contribution in [2.45, 2.75) is 69.8 Å². The molecule has 3 aromatic rings. The van der Waals surface area contributed by atoms with Crippen LogP contribution in [0.2, 0.25) is 0 Å². The predicted molar refractivity (Wildman–Crippen MR) is 138 cm³/mol. The van der Waals surface area contributed by atoms with Crippen molar-refractivity contribution in [3.8, 4) is 17.2 Å². The zero-order chi connectivity index (χ0) is 25.9. The third-order valence-electron chi connectivity index (χ3n) is 10.4. The maximum absolute atomic E-state index is 15.0. The van der Waals surface area contributed by atoms with E-state index in [-0.39, 0.29) is 22.7 Å². The molecular weight excluding hydrogens is 463 g/mol. The largest absolute Gasteiger partial charge is 0.389 e. The number of aliphatic hydroxyl groups is 1. The standard InChI is InChI=1S/C32H34FN2O2/c1-20(21-5-7-22(8-6-21)24-4-3-17-35(37)19-24)32(36)16-14-29-27-11-12-28-25(10-9-23(18-34)30(28)33)26(27)13-15-31(29,32)2/h3-10,17,19-20,26-27,29,36-37H,11-16H2,1-2H3/q+1/t20?,26?,27?,29?,31-,32+/m0/s1. The van der Waals surface area contributed by atoms with Gasteiger partial charge in [0.2, 0.25) is 12.4 Å². The van der Waals surface area contributed by atoms with Crippen LogP contribution in [0.25, 0.3) is 11.1 Å². The molecule has 4 unspecified atom stereocenters. The lowest BCUT2D eigenvalue weighted by Crippen LogP contribution is -2.53. The van der Waals surface area contributed by atoms with Gasteiger partial charge in [0, 0.05) is 22.1 Å². The van der Waals surface area contributed by atoms with Crippen LogP contribution in [0, 0.1) is 34.4 Å². The van der Waals surface area contributed by atoms with Crippen LogP contribution >= 0.6 is 0 Å². The first-order valence-corrected chi connectivity index (χ1v) is 13.5. The Morgan fingerprint density at radius 1 is 1.05 bits per heavy atom. The van der Waals surface area contributed by atoms with E-state index in [2.05, 4.69) is 38.1 Å². The SMILES string of the molecule is CC(c1ccc(-c2ccc[n+](O)c2)cc1)[C@]1(O)CCC2C3CCc4c(ccc(C#N)c4F)C3CC[C@@]21C. The van der Waals surface area contributed by atoms with Crippen LogP contribution in [0.5, 0.6) is 0 Å². The minimum absolute atomic E-state index is 0.0156. The second kappa shape index (κ2) is 8.67. The van der Waals surface area contributed by atoms with Gasteiger partial charge in [0.1, 0.15) is 11.9 Å². The Labute approximate surface area is 218 Å². The molecule has 1 heterocycles. The van der Waals surface area contributed by atoms with Gasteiger partial charge in [-0.15, -0.1) is 0 Å². The number of hydrogen-bond donors (Lipinski definition) is 2. The highest BCUT2D eigenvalue weighted by atomic mass is 19.1. The average Bonchev–Trinajstić information content (AvgIpc) is 3.20. The van der Waals surface area contributed by atoms with E-state index >= 15 is 0 Å². The number of pyridine rings is 1. The Balaban J connectivity index is 1.27. The van der Waals surface area contributed by atoms with Crippen molar-refractivity contribution in [1.82, 2.24) is 0 Å². The Kier molecular flexibility index (Phi) is 5.65. The summed E-state index contributed by atoms with van der Waals surface area (Å²) in [6.07, 6.45) is 8.49. The molecule has 0 saturated heterocycles. The van der Waals surface area contributed by atoms with E-state index in [0.29, 0.717) is 24.2 Å². The van der Waals surface area contributed by atoms with Crippen LogP contribution in [0.3, 0.4) is 0 Å². The van der Waals surface area contributed by atoms with Crippen molar-refractivity contribution >= 4 is 0 Å². The molecule has 0 spiro atoms. The molecule has 0 radical (unpaired) electrons. The van der Waals surface area contributed by atoms with Crippen LogP contribution in [0.15, 0.2) is 60.9 Å². The Morgan fingerprint density at radius 3 is 2.57 bits per heavy atom. The molecule has 6 atom stereocenters. The van der Waals surface area contributed by atoms with Crippen molar-refractivity contribution in [1.29, 1.82) is 5.26 Å². The summed E-state index contributed by atoms with van der Waals surface area (Å²) < 4.78 is 16.0. The van der Waals surface area contributed by atoms with E-state index < -0.39 is 5.60 Å². The first kappa shape index (κ1) is 24.1. The first-order valence-electron chi connectivity index (χ1n) is 13.5. The molecule has 3 aliphatic carbocycles. The fourth-order valence-corrected chi connectivity index (χ4v) is 8.35. The molecule has 0 bridgehead atoms. The van der Waals surface area contributed by atoms with Crippen LogP contribution in [-0.4, -0.2) is 15.9 Å². The zero-order valence-electron chi connectivity index (χ0n) is 21.5. The van der Waals surface area contributed by atoms with Gasteiger partial charge in [-0.3, -0.25) is 5.21 Å². The molecule has 2 aromatic carbocycles. The van der Waals surface area contributed by atoms with E-state index in [1.54, 1.807) is 18.5 Å². The summed E-state index contributed by atoms with van der Waals surface area (Å²) in [4.78, 5) is 0. The van der Waals surface area contributed by atoms with E-state index in [9.17, 15) is 20.0 Å². The third kappa shape index (κ3) is 3.53. The van der Waals surface area contributed by atoms with Gasteiger partial charge in [-0.2, -0.15) is 5.26 Å². The van der Waals surface area contributed by atoms with Gasteiger partial charge in [-0.1, -0.05) is 44.2 Å². The van der Waals surface area contributed by atoms with Crippen molar-refractivity contribution in [3.05, 3.63) is 89.0 Å². The quantitative estimate of drug-likeness (QED) is 0.331. The molecule has 1 aromatic heterocycles. The summed E-state index contributed by atoms with van der Waals surface area (Å²) in [5.41, 5.74) is 4.08. The second-order valence-electron chi connectivity index (χ2n) is 11.8. The number of fused-ring (bicyclic) bond motifs is 5. The molecular formula is C32H34FN2O2+. The van der Waals surface area contributed by atoms with E-state index in [1.165, 1.54) is 0 Å². The molecule has 4 nitrogen and oxygen atoms in total. The number of rotatable bonds is 3. The zero-order valence-corrected chi connectivity index (χ0v) is 21.5. The highest BCUT2D eigenvalue weighted by Crippen LogP contribution is 2.67. The van der Waals surface area contributed by atoms with E-state index in [1.807, 2.05) is 24.3 Å². The summed E-state index contributed by atoms with van der Waals surface area (Å²) in [7, 11) is 0. The van der Waals surface area contributed by atoms with Gasteiger partial charge in [-0.05, 0) is 90.7 Å². The second-order valence-corrected chi connectivity index (χ2v) is 11.8. The summed E-state index contributed by atoms with van der Waals surface area (Å²) in [5, 5.41) is 31.4. The summed E-state index contributed by atoms with van der Waals surface area (Å²) in [5.74, 6) is 0.801. The minimum Gasteiger partial charge on any atom is -0.389 e. The smallest absolute Gasteiger partial charge is 0.230 e. The van der Waals surface area contributed by atoms with Crippen molar-refractivity contribution in [3.63, 3.8) is 0 Å². The number of aromatic nitrogens is 1. The number of nitriles is 1. The molecule has 3 aliphatic rings. The highest BCUT2D eigenvalue weighted by Gasteiger charge is 2.63. The molecule has 6 rings (SSSR count). The topological polar surface area (TPSA) is 68.1 Å². The van der Waals surface area contributed by atoms with Crippen molar-refractivity contribution in [2.75, 3.05) is 0 Å². The third-order valence-corrected chi connectivity index (χ3v) is 10.4. The van der Waals surface area contributed by atoms with Crippen LogP contribution in [0.4, 0.5) is 4.39 Å². The monoisotopic (exact) mass is 497 g/mol. The number of halogens is 1. The molecule has 2 fully saturated rings. The van der Waals surface area contributed by atoms with Crippen LogP contribution in [-0.2, 0) is 6.42 Å². The van der Waals surface area contributed by atoms with E-state index in [0.717, 1.165) is 64.7 Å². The molecule has 2 N–H and O–H groups in total. The number of benzene rings is 2. The Hall–Kier alpha value is -3.23. The molecule has 0 amide bonds. The van der Waals surface area contributed by atoms with Gasteiger partial charge >= 0.3 is 0 Å². The van der Waals surface area contributed by atoms with E-state index in [4.69, 9.17) is 0 Å². The Bertz CT molecular complexity index is 1400. The molecule has 190 valence electrons. The molecule has 2 saturated carbocycles. The molecule has 37 heavy (non-hydrogen) atoms. The van der Waals surface area contributed by atoms with Crippen molar-refractivity contribution in [2.24, 2.45) is 17.3 Å². The van der Waals surface area contributed by atoms with Gasteiger partial charge in [-0.25, -0.2) is 4.39 Å². The lowest BCUT2D eigenvalue weighted by Gasteiger charge is -2.55. The van der Waals surface area contributed by atoms with Crippen LogP contribution in [0.1, 0.15) is 80.0 Å². The molecule has 0 aliphatic heterocycles. The maximum atomic E-state index is 15.0. The lowest BCUT2D eigenvalue weighted by molar-refractivity contribution is -0.904. The fraction of sp³-hybridized carbons (Fsp3) is 0.438. The number of hydrogen-bond acceptors (Lipinski definition) is 3. The number of nitrogens with zero attached hydrogens (tertiary/aromatic N) is 2. The van der Waals surface area contributed by atoms with Gasteiger partial charge < -0.3 is 5.11 Å². The Morgan fingerprint density at radius 2 is 1.84 bits per heavy atom. The fourth-order valence-electron chi connectivity index (χ4n) is 8.35. The van der Waals surface area contributed by atoms with Crippen molar-refractivity contribution < 1.29 is 19.4 Å². The highest BCUT2D eigenvalue weighted by molar-refractivity contribution is 5.62. The van der Waals surface area contributed by atoms with Gasteiger partial charge in [0.05, 0.1) is 16.7 Å². The maximum Gasteiger partial charge on any atom is 0.230 e.